The van der Waals surface area contributed by atoms with Gasteiger partial charge in [0.1, 0.15) is 0 Å². The monoisotopic (exact) mass is 200 g/mol. The Balaban J connectivity index is 2.21. The van der Waals surface area contributed by atoms with Gasteiger partial charge >= 0.3 is 0 Å². The zero-order valence-corrected chi connectivity index (χ0v) is 9.74. The van der Waals surface area contributed by atoms with Crippen molar-refractivity contribution in [3.63, 3.8) is 0 Å². The molecule has 0 amide bonds. The van der Waals surface area contributed by atoms with E-state index in [-0.39, 0.29) is 0 Å². The van der Waals surface area contributed by atoms with Crippen LogP contribution >= 0.6 is 0 Å². The van der Waals surface area contributed by atoms with Gasteiger partial charge in [-0.25, -0.2) is 0 Å². The van der Waals surface area contributed by atoms with Gasteiger partial charge in [-0.15, -0.1) is 0 Å². The minimum atomic E-state index is 0.358. The van der Waals surface area contributed by atoms with E-state index in [2.05, 4.69) is 30.8 Å². The van der Waals surface area contributed by atoms with Crippen LogP contribution in [0.3, 0.4) is 0 Å². The molecule has 1 aliphatic rings. The van der Waals surface area contributed by atoms with E-state index in [9.17, 15) is 0 Å². The SMILES string of the molecule is CC(CCN(C)C)N1CCC(CO)C1. The molecule has 0 aliphatic carbocycles. The standard InChI is InChI=1S/C11H24N2O/c1-10(4-6-12(2)3)13-7-5-11(8-13)9-14/h10-11,14H,4-9H2,1-3H3. The Labute approximate surface area is 87.7 Å². The predicted octanol–water partition coefficient (Wildman–Crippen LogP) is 0.641. The Hall–Kier alpha value is -0.120. The van der Waals surface area contributed by atoms with Crippen LogP contribution < -0.4 is 0 Å². The van der Waals surface area contributed by atoms with Crippen molar-refractivity contribution in [3.05, 3.63) is 0 Å². The average molecular weight is 200 g/mol. The zero-order chi connectivity index (χ0) is 10.6. The van der Waals surface area contributed by atoms with Gasteiger partial charge in [0.05, 0.1) is 0 Å². The fourth-order valence-corrected chi connectivity index (χ4v) is 2.04. The van der Waals surface area contributed by atoms with Gasteiger partial charge in [0.25, 0.3) is 0 Å². The molecule has 0 bridgehead atoms. The first-order valence-electron chi connectivity index (χ1n) is 5.63. The molecule has 1 aliphatic heterocycles. The van der Waals surface area contributed by atoms with Crippen molar-refractivity contribution in [2.75, 3.05) is 40.3 Å². The van der Waals surface area contributed by atoms with Gasteiger partial charge in [0, 0.05) is 19.2 Å². The molecule has 14 heavy (non-hydrogen) atoms. The molecule has 0 aromatic heterocycles. The summed E-state index contributed by atoms with van der Waals surface area (Å²) in [5.74, 6) is 0.525. The molecule has 2 unspecified atom stereocenters. The van der Waals surface area contributed by atoms with Crippen molar-refractivity contribution < 1.29 is 5.11 Å². The van der Waals surface area contributed by atoms with Crippen molar-refractivity contribution in [1.82, 2.24) is 9.80 Å². The Bertz CT molecular complexity index is 161. The zero-order valence-electron chi connectivity index (χ0n) is 9.74. The van der Waals surface area contributed by atoms with E-state index >= 15 is 0 Å². The van der Waals surface area contributed by atoms with Gasteiger partial charge in [0.2, 0.25) is 0 Å². The third-order valence-electron chi connectivity index (χ3n) is 3.19. The molecule has 1 rings (SSSR count). The molecular formula is C11H24N2O. The van der Waals surface area contributed by atoms with Crippen LogP contribution in [0.15, 0.2) is 0 Å². The number of hydrogen-bond donors (Lipinski definition) is 1. The second-order valence-corrected chi connectivity index (χ2v) is 4.77. The summed E-state index contributed by atoms with van der Waals surface area (Å²) in [5.41, 5.74) is 0. The summed E-state index contributed by atoms with van der Waals surface area (Å²) in [5, 5.41) is 9.05. The van der Waals surface area contributed by atoms with E-state index in [4.69, 9.17) is 5.11 Å². The Morgan fingerprint density at radius 2 is 2.21 bits per heavy atom. The van der Waals surface area contributed by atoms with Crippen molar-refractivity contribution in [2.24, 2.45) is 5.92 Å². The lowest BCUT2D eigenvalue weighted by molar-refractivity contribution is 0.192. The van der Waals surface area contributed by atoms with Crippen LogP contribution in [0.4, 0.5) is 0 Å². The first-order valence-corrected chi connectivity index (χ1v) is 5.63. The maximum Gasteiger partial charge on any atom is 0.0471 e. The van der Waals surface area contributed by atoms with Crippen molar-refractivity contribution in [3.8, 4) is 0 Å². The van der Waals surface area contributed by atoms with Crippen LogP contribution in [0.1, 0.15) is 19.8 Å². The third-order valence-corrected chi connectivity index (χ3v) is 3.19. The fraction of sp³-hybridized carbons (Fsp3) is 1.00. The first kappa shape index (κ1) is 12.0. The van der Waals surface area contributed by atoms with Gasteiger partial charge in [-0.1, -0.05) is 0 Å². The minimum Gasteiger partial charge on any atom is -0.396 e. The number of nitrogens with zero attached hydrogens (tertiary/aromatic N) is 2. The minimum absolute atomic E-state index is 0.358. The van der Waals surface area contributed by atoms with Gasteiger partial charge in [-0.3, -0.25) is 0 Å². The first-order chi connectivity index (χ1) is 6.63. The summed E-state index contributed by atoms with van der Waals surface area (Å²) in [6, 6.07) is 0.661. The summed E-state index contributed by atoms with van der Waals surface area (Å²) < 4.78 is 0. The van der Waals surface area contributed by atoms with Gasteiger partial charge in [-0.2, -0.15) is 0 Å². The number of likely N-dealkylation sites (tertiary alicyclic amines) is 1. The second-order valence-electron chi connectivity index (χ2n) is 4.77. The summed E-state index contributed by atoms with van der Waals surface area (Å²) in [4.78, 5) is 4.74. The lowest BCUT2D eigenvalue weighted by Gasteiger charge is -2.25. The van der Waals surface area contributed by atoms with Crippen LogP contribution in [-0.4, -0.2) is 61.3 Å². The smallest absolute Gasteiger partial charge is 0.0471 e. The molecule has 0 saturated carbocycles. The highest BCUT2D eigenvalue weighted by atomic mass is 16.3. The lowest BCUT2D eigenvalue weighted by atomic mass is 10.1. The van der Waals surface area contributed by atoms with E-state index in [1.54, 1.807) is 0 Å². The Morgan fingerprint density at radius 3 is 2.71 bits per heavy atom. The van der Waals surface area contributed by atoms with Crippen LogP contribution in [-0.2, 0) is 0 Å². The highest BCUT2D eigenvalue weighted by Crippen LogP contribution is 2.19. The van der Waals surface area contributed by atoms with Gasteiger partial charge in [-0.05, 0) is 52.9 Å². The van der Waals surface area contributed by atoms with Crippen LogP contribution in [0, 0.1) is 5.92 Å². The largest absolute Gasteiger partial charge is 0.396 e. The normalized spacial score (nSPS) is 25.9. The topological polar surface area (TPSA) is 26.7 Å². The predicted molar refractivity (Wildman–Crippen MR) is 59.4 cm³/mol. The van der Waals surface area contributed by atoms with Crippen LogP contribution in [0.5, 0.6) is 0 Å². The molecule has 1 fully saturated rings. The van der Waals surface area contributed by atoms with Crippen LogP contribution in [0.2, 0.25) is 0 Å². The highest BCUT2D eigenvalue weighted by Gasteiger charge is 2.24. The Morgan fingerprint density at radius 1 is 1.50 bits per heavy atom. The molecule has 0 spiro atoms. The van der Waals surface area contributed by atoms with E-state index in [1.165, 1.54) is 19.4 Å². The molecule has 0 aromatic rings. The number of aliphatic hydroxyl groups excluding tert-OH is 1. The molecule has 0 aromatic carbocycles. The van der Waals surface area contributed by atoms with E-state index < -0.39 is 0 Å². The molecule has 84 valence electrons. The maximum absolute atomic E-state index is 9.05. The fourth-order valence-electron chi connectivity index (χ4n) is 2.04. The number of aliphatic hydroxyl groups is 1. The van der Waals surface area contributed by atoms with Crippen molar-refractivity contribution >= 4 is 0 Å². The average Bonchev–Trinajstić information content (AvgIpc) is 2.62. The summed E-state index contributed by atoms with van der Waals surface area (Å²) in [7, 11) is 4.24. The van der Waals surface area contributed by atoms with Crippen LogP contribution in [0.25, 0.3) is 0 Å². The van der Waals surface area contributed by atoms with E-state index in [1.807, 2.05) is 0 Å². The molecule has 1 saturated heterocycles. The molecule has 1 heterocycles. The molecular weight excluding hydrogens is 176 g/mol. The van der Waals surface area contributed by atoms with Gasteiger partial charge < -0.3 is 14.9 Å². The highest BCUT2D eigenvalue weighted by molar-refractivity contribution is 4.79. The third kappa shape index (κ3) is 3.56. The van der Waals surface area contributed by atoms with E-state index in [0.717, 1.165) is 13.1 Å². The lowest BCUT2D eigenvalue weighted by Crippen LogP contribution is -2.33. The number of hydrogen-bond acceptors (Lipinski definition) is 3. The molecule has 3 nitrogen and oxygen atoms in total. The maximum atomic E-state index is 9.05. The quantitative estimate of drug-likeness (QED) is 0.705. The molecule has 2 atom stereocenters. The van der Waals surface area contributed by atoms with E-state index in [0.29, 0.717) is 18.6 Å². The second kappa shape index (κ2) is 5.69. The van der Waals surface area contributed by atoms with Crippen molar-refractivity contribution in [1.29, 1.82) is 0 Å². The summed E-state index contributed by atoms with van der Waals surface area (Å²) in [6.07, 6.45) is 2.40. The molecule has 3 heteroatoms. The summed E-state index contributed by atoms with van der Waals surface area (Å²) >= 11 is 0. The summed E-state index contributed by atoms with van der Waals surface area (Å²) in [6.45, 7) is 6.06. The molecule has 1 N–H and O–H groups in total. The number of rotatable bonds is 5. The van der Waals surface area contributed by atoms with Gasteiger partial charge in [0.15, 0.2) is 0 Å². The Kier molecular flexibility index (Phi) is 4.85. The molecule has 0 radical (unpaired) electrons. The van der Waals surface area contributed by atoms with Crippen molar-refractivity contribution in [2.45, 2.75) is 25.8 Å².